The number of esters is 2. The van der Waals surface area contributed by atoms with Gasteiger partial charge in [0, 0.05) is 26.6 Å². The third-order valence-corrected chi connectivity index (χ3v) is 6.20. The summed E-state index contributed by atoms with van der Waals surface area (Å²) in [6.45, 7) is 6.09. The molecule has 1 atom stereocenters. The zero-order chi connectivity index (χ0) is 24.4. The minimum Gasteiger partial charge on any atom is -0.466 e. The largest absolute Gasteiger partial charge is 0.466 e. The summed E-state index contributed by atoms with van der Waals surface area (Å²) in [5.41, 5.74) is 0. The summed E-state index contributed by atoms with van der Waals surface area (Å²) >= 11 is 0. The van der Waals surface area contributed by atoms with E-state index in [1.165, 1.54) is 70.6 Å². The van der Waals surface area contributed by atoms with Crippen molar-refractivity contribution in [1.29, 1.82) is 0 Å². The Morgan fingerprint density at radius 2 is 1.09 bits per heavy atom. The first-order valence-electron chi connectivity index (χ1n) is 13.9. The van der Waals surface area contributed by atoms with Crippen molar-refractivity contribution in [3.05, 3.63) is 0 Å². The fraction of sp³-hybridized carbons (Fsp3) is 0.929. The van der Waals surface area contributed by atoms with E-state index >= 15 is 0 Å². The quantitative estimate of drug-likeness (QED) is 0.101. The zero-order valence-corrected chi connectivity index (χ0v) is 22.2. The van der Waals surface area contributed by atoms with Crippen LogP contribution in [0.4, 0.5) is 0 Å². The molecule has 196 valence electrons. The van der Waals surface area contributed by atoms with Gasteiger partial charge in [-0.05, 0) is 31.6 Å². The van der Waals surface area contributed by atoms with Crippen LogP contribution < -0.4 is 0 Å². The second-order valence-corrected chi connectivity index (χ2v) is 9.44. The zero-order valence-electron chi connectivity index (χ0n) is 22.2. The van der Waals surface area contributed by atoms with E-state index < -0.39 is 0 Å². The monoisotopic (exact) mass is 470 g/mol. The first-order chi connectivity index (χ1) is 16.1. The standard InChI is InChI=1S/C28H54O5/c1-4-6-8-9-10-11-12-13-14-15-17-23-32-27(29)20-18-21-28(30)33-25-26(22-24-31-3)19-16-7-5-2/h26H,4-25H2,1-3H3. The average Bonchev–Trinajstić information content (AvgIpc) is 2.81. The van der Waals surface area contributed by atoms with Gasteiger partial charge in [-0.2, -0.15) is 0 Å². The predicted octanol–water partition coefficient (Wildman–Crippen LogP) is 7.79. The van der Waals surface area contributed by atoms with Crippen molar-refractivity contribution in [3.8, 4) is 0 Å². The number of carbonyl (C=O) groups is 2. The molecule has 0 aromatic heterocycles. The number of unbranched alkanes of at least 4 members (excludes halogenated alkanes) is 12. The second-order valence-electron chi connectivity index (χ2n) is 9.44. The van der Waals surface area contributed by atoms with E-state index in [1.807, 2.05) is 0 Å². The Labute approximate surface area is 204 Å². The maximum atomic E-state index is 12.0. The molecule has 33 heavy (non-hydrogen) atoms. The Balaban J connectivity index is 3.59. The van der Waals surface area contributed by atoms with Crippen LogP contribution in [0, 0.1) is 5.92 Å². The number of rotatable bonds is 25. The van der Waals surface area contributed by atoms with Gasteiger partial charge in [0.05, 0.1) is 13.2 Å². The van der Waals surface area contributed by atoms with E-state index in [0.29, 0.717) is 32.2 Å². The lowest BCUT2D eigenvalue weighted by molar-refractivity contribution is -0.146. The van der Waals surface area contributed by atoms with Gasteiger partial charge in [-0.25, -0.2) is 0 Å². The van der Waals surface area contributed by atoms with Gasteiger partial charge in [0.15, 0.2) is 0 Å². The summed E-state index contributed by atoms with van der Waals surface area (Å²) in [5.74, 6) is -0.0605. The first kappa shape index (κ1) is 31.9. The summed E-state index contributed by atoms with van der Waals surface area (Å²) in [5, 5.41) is 0. The molecule has 0 aliphatic rings. The van der Waals surface area contributed by atoms with Crippen LogP contribution in [0.1, 0.15) is 136 Å². The highest BCUT2D eigenvalue weighted by molar-refractivity contribution is 5.72. The van der Waals surface area contributed by atoms with Crippen molar-refractivity contribution in [2.45, 2.75) is 136 Å². The van der Waals surface area contributed by atoms with Gasteiger partial charge in [-0.3, -0.25) is 9.59 Å². The number of hydrogen-bond acceptors (Lipinski definition) is 5. The molecule has 5 heteroatoms. The normalized spacial score (nSPS) is 12.0. The van der Waals surface area contributed by atoms with Gasteiger partial charge in [0.2, 0.25) is 0 Å². The van der Waals surface area contributed by atoms with Crippen molar-refractivity contribution in [2.75, 3.05) is 26.9 Å². The molecule has 0 spiro atoms. The maximum absolute atomic E-state index is 12.0. The summed E-state index contributed by atoms with van der Waals surface area (Å²) in [4.78, 5) is 23.8. The molecule has 0 fully saturated rings. The molecule has 0 bridgehead atoms. The molecule has 5 nitrogen and oxygen atoms in total. The third-order valence-electron chi connectivity index (χ3n) is 6.20. The minimum atomic E-state index is -0.217. The van der Waals surface area contributed by atoms with E-state index in [-0.39, 0.29) is 24.8 Å². The van der Waals surface area contributed by atoms with Gasteiger partial charge in [-0.15, -0.1) is 0 Å². The third kappa shape index (κ3) is 23.8. The Bertz CT molecular complexity index is 438. The molecular formula is C28H54O5. The molecule has 0 heterocycles. The van der Waals surface area contributed by atoms with Crippen LogP contribution in [0.2, 0.25) is 0 Å². The summed E-state index contributed by atoms with van der Waals surface area (Å²) < 4.78 is 15.9. The van der Waals surface area contributed by atoms with Gasteiger partial charge in [-0.1, -0.05) is 97.3 Å². The van der Waals surface area contributed by atoms with Gasteiger partial charge in [0.25, 0.3) is 0 Å². The van der Waals surface area contributed by atoms with Crippen molar-refractivity contribution in [3.63, 3.8) is 0 Å². The lowest BCUT2D eigenvalue weighted by Crippen LogP contribution is -2.16. The van der Waals surface area contributed by atoms with Crippen LogP contribution in [0.25, 0.3) is 0 Å². The average molecular weight is 471 g/mol. The SMILES string of the molecule is CCCCCCCCCCCCCOC(=O)CCCC(=O)OCC(CCCCC)CCOC. The fourth-order valence-electron chi connectivity index (χ4n) is 3.96. The Hall–Kier alpha value is -1.10. The van der Waals surface area contributed by atoms with E-state index in [1.54, 1.807) is 7.11 Å². The van der Waals surface area contributed by atoms with Crippen LogP contribution in [-0.2, 0) is 23.8 Å². The summed E-state index contributed by atoms with van der Waals surface area (Å²) in [6.07, 6.45) is 20.7. The van der Waals surface area contributed by atoms with Crippen molar-refractivity contribution >= 4 is 11.9 Å². The van der Waals surface area contributed by atoms with E-state index in [0.717, 1.165) is 32.1 Å². The Morgan fingerprint density at radius 3 is 1.67 bits per heavy atom. The maximum Gasteiger partial charge on any atom is 0.305 e. The molecule has 0 aromatic rings. The van der Waals surface area contributed by atoms with Crippen LogP contribution in [-0.4, -0.2) is 38.9 Å². The molecule has 0 N–H and O–H groups in total. The van der Waals surface area contributed by atoms with E-state index in [2.05, 4.69) is 13.8 Å². The van der Waals surface area contributed by atoms with Crippen molar-refractivity contribution < 1.29 is 23.8 Å². The van der Waals surface area contributed by atoms with E-state index in [4.69, 9.17) is 14.2 Å². The fourth-order valence-corrected chi connectivity index (χ4v) is 3.96. The highest BCUT2D eigenvalue weighted by atomic mass is 16.5. The topological polar surface area (TPSA) is 61.8 Å². The van der Waals surface area contributed by atoms with Crippen LogP contribution >= 0.6 is 0 Å². The van der Waals surface area contributed by atoms with Crippen LogP contribution in [0.3, 0.4) is 0 Å². The molecule has 0 saturated heterocycles. The molecule has 0 rings (SSSR count). The molecule has 0 amide bonds. The lowest BCUT2D eigenvalue weighted by atomic mass is 9.99. The lowest BCUT2D eigenvalue weighted by Gasteiger charge is -2.16. The summed E-state index contributed by atoms with van der Waals surface area (Å²) in [7, 11) is 1.70. The number of hydrogen-bond donors (Lipinski definition) is 0. The predicted molar refractivity (Wildman–Crippen MR) is 136 cm³/mol. The molecule has 0 aliphatic heterocycles. The van der Waals surface area contributed by atoms with Crippen molar-refractivity contribution in [1.82, 2.24) is 0 Å². The molecule has 1 unspecified atom stereocenters. The number of methoxy groups -OCH3 is 1. The highest BCUT2D eigenvalue weighted by Crippen LogP contribution is 2.15. The highest BCUT2D eigenvalue weighted by Gasteiger charge is 2.13. The van der Waals surface area contributed by atoms with Gasteiger partial charge < -0.3 is 14.2 Å². The summed E-state index contributed by atoms with van der Waals surface area (Å²) in [6, 6.07) is 0. The smallest absolute Gasteiger partial charge is 0.305 e. The minimum absolute atomic E-state index is 0.201. The van der Waals surface area contributed by atoms with Gasteiger partial charge >= 0.3 is 11.9 Å². The molecule has 0 aliphatic carbocycles. The Kier molecular flexibility index (Phi) is 24.7. The van der Waals surface area contributed by atoms with E-state index in [9.17, 15) is 9.59 Å². The number of carbonyl (C=O) groups excluding carboxylic acids is 2. The molecule has 0 aromatic carbocycles. The Morgan fingerprint density at radius 1 is 0.576 bits per heavy atom. The molecule has 0 radical (unpaired) electrons. The van der Waals surface area contributed by atoms with Crippen LogP contribution in [0.5, 0.6) is 0 Å². The van der Waals surface area contributed by atoms with Crippen molar-refractivity contribution in [2.24, 2.45) is 5.92 Å². The number of ether oxygens (including phenoxy) is 3. The first-order valence-corrected chi connectivity index (χ1v) is 13.9. The van der Waals surface area contributed by atoms with Crippen LogP contribution in [0.15, 0.2) is 0 Å². The molecular weight excluding hydrogens is 416 g/mol. The molecule has 0 saturated carbocycles. The second kappa shape index (κ2) is 25.5. The van der Waals surface area contributed by atoms with Gasteiger partial charge in [0.1, 0.15) is 0 Å².